The van der Waals surface area contributed by atoms with Crippen molar-refractivity contribution in [2.24, 2.45) is 0 Å². The summed E-state index contributed by atoms with van der Waals surface area (Å²) in [6.45, 7) is 3.84. The number of urea groups is 1. The van der Waals surface area contributed by atoms with Gasteiger partial charge in [-0.05, 0) is 32.4 Å². The van der Waals surface area contributed by atoms with Crippen molar-refractivity contribution in [2.45, 2.75) is 25.9 Å². The summed E-state index contributed by atoms with van der Waals surface area (Å²) in [5, 5.41) is 19.3. The summed E-state index contributed by atoms with van der Waals surface area (Å²) in [7, 11) is 3.25. The third-order valence-corrected chi connectivity index (χ3v) is 4.27. The van der Waals surface area contributed by atoms with Crippen LogP contribution < -0.4 is 10.1 Å². The summed E-state index contributed by atoms with van der Waals surface area (Å²) in [5.74, 6) is 0.944. The van der Waals surface area contributed by atoms with Gasteiger partial charge in [0.1, 0.15) is 16.8 Å². The molecular formula is C18H24N6O3. The summed E-state index contributed by atoms with van der Waals surface area (Å²) >= 11 is 0. The molecule has 144 valence electrons. The maximum Gasteiger partial charge on any atom is 0.323 e. The highest BCUT2D eigenvalue weighted by atomic mass is 16.5. The minimum Gasteiger partial charge on any atom is -0.494 e. The average molecular weight is 372 g/mol. The first-order valence-electron chi connectivity index (χ1n) is 8.59. The van der Waals surface area contributed by atoms with Gasteiger partial charge in [0.15, 0.2) is 0 Å². The average Bonchev–Trinajstić information content (AvgIpc) is 3.27. The van der Waals surface area contributed by atoms with E-state index in [0.29, 0.717) is 35.7 Å². The number of carbonyl (C=O) groups is 1. The fourth-order valence-electron chi connectivity index (χ4n) is 2.67. The molecule has 9 heteroatoms. The zero-order valence-corrected chi connectivity index (χ0v) is 15.8. The number of rotatable bonds is 6. The van der Waals surface area contributed by atoms with Gasteiger partial charge in [0.05, 0.1) is 18.9 Å². The number of hydrogen-bond donors (Lipinski definition) is 4. The number of methoxy groups -OCH3 is 1. The fraction of sp³-hybridized carbons (Fsp3) is 0.389. The number of H-pyrrole nitrogens is 2. The molecule has 27 heavy (non-hydrogen) atoms. The Hall–Kier alpha value is -3.07. The van der Waals surface area contributed by atoms with Crippen LogP contribution in [0.3, 0.4) is 0 Å². The van der Waals surface area contributed by atoms with Crippen LogP contribution in [0.1, 0.15) is 20.3 Å². The van der Waals surface area contributed by atoms with Crippen molar-refractivity contribution in [1.29, 1.82) is 0 Å². The lowest BCUT2D eigenvalue weighted by Gasteiger charge is -2.22. The lowest BCUT2D eigenvalue weighted by Crippen LogP contribution is -2.35. The molecule has 0 saturated heterocycles. The third kappa shape index (κ3) is 4.20. The number of anilines is 1. The van der Waals surface area contributed by atoms with Crippen molar-refractivity contribution >= 4 is 23.0 Å². The van der Waals surface area contributed by atoms with E-state index in [1.54, 1.807) is 40.4 Å². The summed E-state index contributed by atoms with van der Waals surface area (Å²) in [6, 6.07) is 3.42. The molecule has 0 atom stereocenters. The van der Waals surface area contributed by atoms with E-state index in [2.05, 4.69) is 25.5 Å². The number of nitrogens with one attached hydrogen (secondary N) is 3. The molecule has 0 bridgehead atoms. The molecule has 0 aliphatic carbocycles. The van der Waals surface area contributed by atoms with E-state index < -0.39 is 5.60 Å². The molecule has 3 aromatic rings. The fourth-order valence-corrected chi connectivity index (χ4v) is 2.67. The van der Waals surface area contributed by atoms with Crippen molar-refractivity contribution in [3.05, 3.63) is 24.5 Å². The van der Waals surface area contributed by atoms with Gasteiger partial charge in [-0.3, -0.25) is 10.4 Å². The molecule has 1 aromatic carbocycles. The van der Waals surface area contributed by atoms with Gasteiger partial charge >= 0.3 is 6.03 Å². The number of aromatic nitrogens is 4. The SMILES string of the molecule is COc1ccc(-c2cn[nH]c2)c2nc(NC(=O)N(C)CCC(C)(C)O)[nH]c12. The van der Waals surface area contributed by atoms with E-state index in [-0.39, 0.29) is 6.03 Å². The lowest BCUT2D eigenvalue weighted by atomic mass is 10.1. The second-order valence-electron chi connectivity index (χ2n) is 7.03. The third-order valence-electron chi connectivity index (χ3n) is 4.27. The number of carbonyl (C=O) groups excluding carboxylic acids is 1. The number of fused-ring (bicyclic) bond motifs is 1. The van der Waals surface area contributed by atoms with Gasteiger partial charge in [-0.15, -0.1) is 0 Å². The first kappa shape index (κ1) is 18.7. The molecule has 2 amide bonds. The van der Waals surface area contributed by atoms with Crippen LogP contribution in [-0.2, 0) is 0 Å². The Balaban J connectivity index is 1.85. The number of imidazole rings is 1. The van der Waals surface area contributed by atoms with E-state index in [1.165, 1.54) is 4.90 Å². The van der Waals surface area contributed by atoms with Gasteiger partial charge in [0.25, 0.3) is 0 Å². The van der Waals surface area contributed by atoms with Crippen LogP contribution in [-0.4, -0.2) is 62.5 Å². The smallest absolute Gasteiger partial charge is 0.323 e. The normalized spacial score (nSPS) is 11.6. The van der Waals surface area contributed by atoms with E-state index in [4.69, 9.17) is 4.74 Å². The minimum atomic E-state index is -0.833. The number of benzene rings is 1. The van der Waals surface area contributed by atoms with Crippen LogP contribution in [0.4, 0.5) is 10.7 Å². The van der Waals surface area contributed by atoms with Crippen molar-refractivity contribution in [3.63, 3.8) is 0 Å². The molecule has 0 aliphatic rings. The van der Waals surface area contributed by atoms with E-state index in [0.717, 1.165) is 11.1 Å². The van der Waals surface area contributed by atoms with Crippen LogP contribution in [0, 0.1) is 0 Å². The molecule has 0 unspecified atom stereocenters. The Kier molecular flexibility index (Phi) is 5.04. The van der Waals surface area contributed by atoms with Crippen molar-refractivity contribution in [1.82, 2.24) is 25.1 Å². The quantitative estimate of drug-likeness (QED) is 0.530. The molecule has 2 aromatic heterocycles. The molecule has 0 spiro atoms. The van der Waals surface area contributed by atoms with Crippen LogP contribution >= 0.6 is 0 Å². The first-order valence-corrected chi connectivity index (χ1v) is 8.59. The largest absolute Gasteiger partial charge is 0.494 e. The monoisotopic (exact) mass is 372 g/mol. The van der Waals surface area contributed by atoms with E-state index in [1.807, 2.05) is 12.1 Å². The van der Waals surface area contributed by atoms with Crippen molar-refractivity contribution in [2.75, 3.05) is 26.0 Å². The number of ether oxygens (including phenoxy) is 1. The predicted octanol–water partition coefficient (Wildman–Crippen LogP) is 2.59. The molecule has 0 radical (unpaired) electrons. The van der Waals surface area contributed by atoms with Gasteiger partial charge in [0.2, 0.25) is 5.95 Å². The maximum atomic E-state index is 12.4. The summed E-state index contributed by atoms with van der Waals surface area (Å²) < 4.78 is 5.40. The second-order valence-corrected chi connectivity index (χ2v) is 7.03. The van der Waals surface area contributed by atoms with Crippen molar-refractivity contribution in [3.8, 4) is 16.9 Å². The highest BCUT2D eigenvalue weighted by molar-refractivity contribution is 5.98. The Morgan fingerprint density at radius 2 is 2.19 bits per heavy atom. The van der Waals surface area contributed by atoms with Crippen LogP contribution in [0.2, 0.25) is 0 Å². The second kappa shape index (κ2) is 7.28. The summed E-state index contributed by atoms with van der Waals surface area (Å²) in [4.78, 5) is 21.5. The Labute approximate surface area is 156 Å². The zero-order chi connectivity index (χ0) is 19.6. The molecule has 4 N–H and O–H groups in total. The van der Waals surface area contributed by atoms with Gasteiger partial charge in [-0.1, -0.05) is 0 Å². The highest BCUT2D eigenvalue weighted by Crippen LogP contribution is 2.33. The minimum absolute atomic E-state index is 0.317. The molecule has 0 saturated carbocycles. The zero-order valence-electron chi connectivity index (χ0n) is 15.8. The van der Waals surface area contributed by atoms with Gasteiger partial charge < -0.3 is 19.7 Å². The number of hydrogen-bond acceptors (Lipinski definition) is 5. The maximum absolute atomic E-state index is 12.4. The number of aromatic amines is 2. The molecule has 9 nitrogen and oxygen atoms in total. The predicted molar refractivity (Wildman–Crippen MR) is 103 cm³/mol. The molecule has 2 heterocycles. The Morgan fingerprint density at radius 3 is 2.81 bits per heavy atom. The van der Waals surface area contributed by atoms with E-state index >= 15 is 0 Å². The van der Waals surface area contributed by atoms with Crippen LogP contribution in [0.15, 0.2) is 24.5 Å². The molecule has 0 aliphatic heterocycles. The topological polar surface area (TPSA) is 119 Å². The van der Waals surface area contributed by atoms with Crippen molar-refractivity contribution < 1.29 is 14.6 Å². The number of amides is 2. The summed E-state index contributed by atoms with van der Waals surface area (Å²) in [6.07, 6.45) is 3.95. The van der Waals surface area contributed by atoms with Crippen LogP contribution in [0.5, 0.6) is 5.75 Å². The first-order chi connectivity index (χ1) is 12.8. The lowest BCUT2D eigenvalue weighted by molar-refractivity contribution is 0.0643. The number of nitrogens with zero attached hydrogens (tertiary/aromatic N) is 3. The van der Waals surface area contributed by atoms with Gasteiger partial charge in [0, 0.05) is 30.9 Å². The summed E-state index contributed by atoms with van der Waals surface area (Å²) in [5.41, 5.74) is 2.28. The Morgan fingerprint density at radius 1 is 1.41 bits per heavy atom. The molecular weight excluding hydrogens is 348 g/mol. The standard InChI is InChI=1S/C18H24N6O3/c1-18(2,26)7-8-24(3)17(25)23-16-21-14-12(11-9-19-20-10-11)5-6-13(27-4)15(14)22-16/h5-6,9-10,26H,7-8H2,1-4H3,(H,19,20)(H2,21,22,23,25). The molecule has 0 fully saturated rings. The van der Waals surface area contributed by atoms with E-state index in [9.17, 15) is 9.90 Å². The number of aliphatic hydroxyl groups is 1. The van der Waals surface area contributed by atoms with Gasteiger partial charge in [-0.2, -0.15) is 5.10 Å². The van der Waals surface area contributed by atoms with Gasteiger partial charge in [-0.25, -0.2) is 9.78 Å². The highest BCUT2D eigenvalue weighted by Gasteiger charge is 2.19. The van der Waals surface area contributed by atoms with Crippen LogP contribution in [0.25, 0.3) is 22.2 Å². The molecule has 3 rings (SSSR count). The Bertz CT molecular complexity index is 927.